The van der Waals surface area contributed by atoms with Crippen LogP contribution in [0.5, 0.6) is 11.5 Å². The maximum absolute atomic E-state index is 13.1. The molecule has 3 rings (SSSR count). The normalized spacial score (nSPS) is 11.7. The summed E-state index contributed by atoms with van der Waals surface area (Å²) in [7, 11) is -3.82. The molecule has 0 radical (unpaired) electrons. The number of rotatable bonds is 10. The van der Waals surface area contributed by atoms with Crippen molar-refractivity contribution >= 4 is 33.2 Å². The lowest BCUT2D eigenvalue weighted by Gasteiger charge is -2.28. The molecule has 0 spiro atoms. The fourth-order valence-corrected chi connectivity index (χ4v) is 4.56. The van der Waals surface area contributed by atoms with Gasteiger partial charge in [0.1, 0.15) is 17.5 Å². The largest absolute Gasteiger partial charge is 0.457 e. The summed E-state index contributed by atoms with van der Waals surface area (Å²) in [6, 6.07) is 21.0. The van der Waals surface area contributed by atoms with E-state index in [0.29, 0.717) is 17.2 Å². The Labute approximate surface area is 205 Å². The first-order valence-corrected chi connectivity index (χ1v) is 12.7. The summed E-state index contributed by atoms with van der Waals surface area (Å²) in [6.45, 7) is 5.31. The zero-order valence-corrected chi connectivity index (χ0v) is 20.3. The molecule has 2 N–H and O–H groups in total. The molecule has 0 fully saturated rings. The molecule has 0 saturated heterocycles. The van der Waals surface area contributed by atoms with Crippen LogP contribution in [0.3, 0.4) is 0 Å². The molecule has 9 heteroatoms. The van der Waals surface area contributed by atoms with Crippen molar-refractivity contribution in [3.05, 3.63) is 97.1 Å². The molecular weight excluding hydrogens is 466 g/mol. The third-order valence-electron chi connectivity index (χ3n) is 5.00. The maximum atomic E-state index is 13.1. The van der Waals surface area contributed by atoms with E-state index < -0.39 is 22.0 Å². The average Bonchev–Trinajstić information content (AvgIpc) is 2.84. The van der Waals surface area contributed by atoms with Crippen molar-refractivity contribution in [2.45, 2.75) is 13.0 Å². The molecular formula is C26H27N3O5S. The Morgan fingerprint density at radius 2 is 1.57 bits per heavy atom. The van der Waals surface area contributed by atoms with E-state index in [4.69, 9.17) is 4.74 Å². The van der Waals surface area contributed by atoms with Gasteiger partial charge in [-0.25, -0.2) is 8.42 Å². The monoisotopic (exact) mass is 493 g/mol. The maximum Gasteiger partial charge on any atom is 0.253 e. The summed E-state index contributed by atoms with van der Waals surface area (Å²) in [5.41, 5.74) is 0.821. The number of hydrogen-bond acceptors (Lipinski definition) is 5. The number of carbonyl (C=O) groups excluding carboxylic acids is 2. The van der Waals surface area contributed by atoms with Crippen LogP contribution in [-0.2, 0) is 14.8 Å². The first-order chi connectivity index (χ1) is 16.7. The lowest BCUT2D eigenvalue weighted by Crippen LogP contribution is -2.45. The molecule has 0 aliphatic heterocycles. The molecule has 3 aromatic rings. The summed E-state index contributed by atoms with van der Waals surface area (Å²) in [5, 5.41) is 5.34. The topological polar surface area (TPSA) is 105 Å². The second kappa shape index (κ2) is 11.3. The molecule has 2 amide bonds. The number of nitrogens with zero attached hydrogens (tertiary/aromatic N) is 1. The smallest absolute Gasteiger partial charge is 0.253 e. The van der Waals surface area contributed by atoms with Crippen LogP contribution >= 0.6 is 0 Å². The van der Waals surface area contributed by atoms with Gasteiger partial charge in [-0.15, -0.1) is 6.58 Å². The van der Waals surface area contributed by atoms with Gasteiger partial charge in [0.25, 0.3) is 5.91 Å². The number of carbonyl (C=O) groups is 2. The molecule has 0 unspecified atom stereocenters. The van der Waals surface area contributed by atoms with E-state index in [2.05, 4.69) is 17.2 Å². The van der Waals surface area contributed by atoms with Gasteiger partial charge in [0, 0.05) is 6.54 Å². The van der Waals surface area contributed by atoms with Crippen molar-refractivity contribution in [3.63, 3.8) is 0 Å². The molecule has 1 atom stereocenters. The van der Waals surface area contributed by atoms with Gasteiger partial charge in [-0.3, -0.25) is 13.9 Å². The van der Waals surface area contributed by atoms with Crippen molar-refractivity contribution < 1.29 is 22.7 Å². The Balaban J connectivity index is 1.81. The van der Waals surface area contributed by atoms with Crippen molar-refractivity contribution in [2.75, 3.05) is 22.4 Å². The van der Waals surface area contributed by atoms with Crippen LogP contribution in [0.4, 0.5) is 11.4 Å². The average molecular weight is 494 g/mol. The zero-order valence-electron chi connectivity index (χ0n) is 19.5. The van der Waals surface area contributed by atoms with E-state index in [-0.39, 0.29) is 23.7 Å². The highest BCUT2D eigenvalue weighted by Crippen LogP contribution is 2.27. The van der Waals surface area contributed by atoms with E-state index in [1.54, 1.807) is 66.7 Å². The minimum Gasteiger partial charge on any atom is -0.457 e. The number of amides is 2. The van der Waals surface area contributed by atoms with Crippen LogP contribution in [0.1, 0.15) is 17.3 Å². The molecule has 0 aliphatic rings. The van der Waals surface area contributed by atoms with Crippen LogP contribution in [0.15, 0.2) is 91.5 Å². The second-order valence-corrected chi connectivity index (χ2v) is 9.54. The Bertz CT molecular complexity index is 1290. The molecule has 182 valence electrons. The second-order valence-electron chi connectivity index (χ2n) is 7.68. The fraction of sp³-hybridized carbons (Fsp3) is 0.154. The van der Waals surface area contributed by atoms with Gasteiger partial charge in [-0.2, -0.15) is 0 Å². The lowest BCUT2D eigenvalue weighted by molar-refractivity contribution is -0.116. The van der Waals surface area contributed by atoms with Crippen molar-refractivity contribution in [1.82, 2.24) is 5.32 Å². The summed E-state index contributed by atoms with van der Waals surface area (Å²) in [4.78, 5) is 25.5. The molecule has 3 aromatic carbocycles. The first-order valence-electron chi connectivity index (χ1n) is 10.8. The van der Waals surface area contributed by atoms with Gasteiger partial charge in [-0.05, 0) is 55.5 Å². The predicted octanol–water partition coefficient (Wildman–Crippen LogP) is 4.19. The number of ether oxygens (including phenoxy) is 1. The zero-order chi connectivity index (χ0) is 25.4. The highest BCUT2D eigenvalue weighted by molar-refractivity contribution is 7.92. The van der Waals surface area contributed by atoms with Crippen molar-refractivity contribution in [2.24, 2.45) is 0 Å². The summed E-state index contributed by atoms with van der Waals surface area (Å²) >= 11 is 0. The highest BCUT2D eigenvalue weighted by atomic mass is 32.2. The van der Waals surface area contributed by atoms with Crippen LogP contribution < -0.4 is 19.7 Å². The number of nitrogens with one attached hydrogen (secondary N) is 2. The van der Waals surface area contributed by atoms with Gasteiger partial charge in [-0.1, -0.05) is 36.4 Å². The van der Waals surface area contributed by atoms with E-state index in [1.165, 1.54) is 6.92 Å². The summed E-state index contributed by atoms with van der Waals surface area (Å²) < 4.78 is 32.1. The molecule has 0 aliphatic carbocycles. The van der Waals surface area contributed by atoms with E-state index in [1.807, 2.05) is 18.2 Å². The first kappa shape index (κ1) is 25.5. The molecule has 8 nitrogen and oxygen atoms in total. The SMILES string of the molecule is C=CCNC(=O)c1ccccc1NC(=O)[C@@H](C)N(c1ccc(Oc2ccccc2)cc1)S(C)(=O)=O. The molecule has 35 heavy (non-hydrogen) atoms. The highest BCUT2D eigenvalue weighted by Gasteiger charge is 2.30. The summed E-state index contributed by atoms with van der Waals surface area (Å²) in [6.07, 6.45) is 2.57. The number of sulfonamides is 1. The molecule has 0 heterocycles. The minimum absolute atomic E-state index is 0.253. The van der Waals surface area contributed by atoms with Crippen molar-refractivity contribution in [1.29, 1.82) is 0 Å². The number of para-hydroxylation sites is 2. The van der Waals surface area contributed by atoms with Crippen LogP contribution in [0.2, 0.25) is 0 Å². The third kappa shape index (κ3) is 6.70. The standard InChI is InChI=1S/C26H27N3O5S/c1-4-18-27-26(31)23-12-8-9-13-24(23)28-25(30)19(2)29(35(3,32)33)20-14-16-22(17-15-20)34-21-10-6-5-7-11-21/h4-17,19H,1,18H2,2-3H3,(H,27,31)(H,28,30)/t19-/m1/s1. The van der Waals surface area contributed by atoms with E-state index >= 15 is 0 Å². The number of benzene rings is 3. The Hall–Kier alpha value is -4.11. The Morgan fingerprint density at radius 3 is 2.20 bits per heavy atom. The van der Waals surface area contributed by atoms with Gasteiger partial charge in [0.15, 0.2) is 0 Å². The van der Waals surface area contributed by atoms with Crippen LogP contribution in [0.25, 0.3) is 0 Å². The van der Waals surface area contributed by atoms with Crippen molar-refractivity contribution in [3.8, 4) is 11.5 Å². The van der Waals surface area contributed by atoms with Crippen LogP contribution in [-0.4, -0.2) is 39.1 Å². The molecule has 0 saturated carbocycles. The van der Waals surface area contributed by atoms with Gasteiger partial charge >= 0.3 is 0 Å². The Morgan fingerprint density at radius 1 is 0.971 bits per heavy atom. The fourth-order valence-electron chi connectivity index (χ4n) is 3.38. The van der Waals surface area contributed by atoms with E-state index in [0.717, 1.165) is 10.6 Å². The van der Waals surface area contributed by atoms with Crippen LogP contribution in [0, 0.1) is 0 Å². The third-order valence-corrected chi connectivity index (χ3v) is 6.24. The van der Waals surface area contributed by atoms with Gasteiger partial charge < -0.3 is 15.4 Å². The summed E-state index contributed by atoms with van der Waals surface area (Å²) in [5.74, 6) is 0.181. The number of hydrogen-bond donors (Lipinski definition) is 2. The molecule has 0 aromatic heterocycles. The number of anilines is 2. The predicted molar refractivity (Wildman–Crippen MR) is 137 cm³/mol. The quantitative estimate of drug-likeness (QED) is 0.412. The van der Waals surface area contributed by atoms with Gasteiger partial charge in [0.05, 0.1) is 23.2 Å². The minimum atomic E-state index is -3.82. The lowest BCUT2D eigenvalue weighted by atomic mass is 10.1. The Kier molecular flexibility index (Phi) is 8.27. The van der Waals surface area contributed by atoms with E-state index in [9.17, 15) is 18.0 Å². The molecule has 0 bridgehead atoms. The van der Waals surface area contributed by atoms with Gasteiger partial charge in [0.2, 0.25) is 15.9 Å².